The summed E-state index contributed by atoms with van der Waals surface area (Å²) in [5.74, 6) is 6.08. The predicted octanol–water partition coefficient (Wildman–Crippen LogP) is 4.06. The van der Waals surface area contributed by atoms with E-state index in [0.717, 1.165) is 39.0 Å². The molecule has 0 saturated carbocycles. The van der Waals surface area contributed by atoms with Gasteiger partial charge in [-0.15, -0.1) is 0 Å². The van der Waals surface area contributed by atoms with Gasteiger partial charge in [0.15, 0.2) is 0 Å². The Labute approximate surface area is 154 Å². The summed E-state index contributed by atoms with van der Waals surface area (Å²) in [6, 6.07) is 8.18. The first kappa shape index (κ1) is 17.8. The van der Waals surface area contributed by atoms with E-state index in [0.29, 0.717) is 0 Å². The number of H-pyrrole nitrogens is 1. The summed E-state index contributed by atoms with van der Waals surface area (Å²) in [6.45, 7) is 7.29. The number of aliphatic hydroxyl groups is 1. The summed E-state index contributed by atoms with van der Waals surface area (Å²) in [5, 5.41) is 11.0. The first-order chi connectivity index (χ1) is 12.3. The monoisotopic (exact) mass is 345 g/mol. The van der Waals surface area contributed by atoms with Gasteiger partial charge in [0.1, 0.15) is 11.2 Å². The molecule has 0 aliphatic carbocycles. The van der Waals surface area contributed by atoms with Crippen LogP contribution in [0.25, 0.3) is 28.2 Å². The molecule has 0 amide bonds. The first-order valence-electron chi connectivity index (χ1n) is 8.46. The third-order valence-electron chi connectivity index (χ3n) is 4.12. The van der Waals surface area contributed by atoms with Gasteiger partial charge in [0.05, 0.1) is 0 Å². The Morgan fingerprint density at radius 1 is 1.27 bits per heavy atom. The zero-order chi connectivity index (χ0) is 18.9. The average Bonchev–Trinajstić information content (AvgIpc) is 3.07. The van der Waals surface area contributed by atoms with Crippen molar-refractivity contribution in [1.29, 1.82) is 0 Å². The largest absolute Gasteiger partial charge is 0.378 e. The normalized spacial score (nSPS) is 11.1. The molecule has 3 rings (SSSR count). The van der Waals surface area contributed by atoms with Crippen LogP contribution >= 0.6 is 0 Å². The van der Waals surface area contributed by atoms with Crippen LogP contribution in [-0.4, -0.2) is 34.8 Å². The van der Waals surface area contributed by atoms with Crippen molar-refractivity contribution in [2.75, 3.05) is 19.0 Å². The summed E-state index contributed by atoms with van der Waals surface area (Å²) in [5.41, 5.74) is 4.66. The smallest absolute Gasteiger partial charge is 0.138 e. The molecule has 2 aromatic heterocycles. The lowest BCUT2D eigenvalue weighted by Crippen LogP contribution is -2.14. The molecule has 2 N–H and O–H groups in total. The van der Waals surface area contributed by atoms with Crippen molar-refractivity contribution in [2.45, 2.75) is 19.4 Å². The van der Waals surface area contributed by atoms with Crippen molar-refractivity contribution < 1.29 is 5.11 Å². The standard InChI is InChI=1S/C22H23N3O/c1-6-15-13-16(7-8-20(15)25(4)5)19-14-24-21-18(10-12-23-21)17(19)9-11-22(2,3)26/h6-8,10,12-14,26H,1H2,2-5H3,(H,23,24). The fourth-order valence-electron chi connectivity index (χ4n) is 2.87. The molecule has 0 atom stereocenters. The maximum absolute atomic E-state index is 10.0. The van der Waals surface area contributed by atoms with Gasteiger partial charge in [-0.3, -0.25) is 0 Å². The van der Waals surface area contributed by atoms with Gasteiger partial charge in [0.25, 0.3) is 0 Å². The molecule has 0 fully saturated rings. The van der Waals surface area contributed by atoms with E-state index in [9.17, 15) is 5.11 Å². The lowest BCUT2D eigenvalue weighted by molar-refractivity contribution is 0.143. The van der Waals surface area contributed by atoms with Crippen molar-refractivity contribution in [1.82, 2.24) is 9.97 Å². The Morgan fingerprint density at radius 2 is 2.04 bits per heavy atom. The Morgan fingerprint density at radius 3 is 2.69 bits per heavy atom. The third-order valence-corrected chi connectivity index (χ3v) is 4.12. The van der Waals surface area contributed by atoms with E-state index in [1.54, 1.807) is 13.8 Å². The van der Waals surface area contributed by atoms with Crippen molar-refractivity contribution in [3.05, 3.63) is 54.4 Å². The topological polar surface area (TPSA) is 52.1 Å². The average molecular weight is 345 g/mol. The highest BCUT2D eigenvalue weighted by atomic mass is 16.3. The molecule has 2 heterocycles. The molecule has 0 spiro atoms. The van der Waals surface area contributed by atoms with E-state index in [1.165, 1.54) is 0 Å². The predicted molar refractivity (Wildman–Crippen MR) is 109 cm³/mol. The summed E-state index contributed by atoms with van der Waals surface area (Å²) < 4.78 is 0. The molecule has 0 aliphatic heterocycles. The summed E-state index contributed by atoms with van der Waals surface area (Å²) in [7, 11) is 4.02. The molecule has 0 radical (unpaired) electrons. The van der Waals surface area contributed by atoms with Crippen LogP contribution in [0.4, 0.5) is 5.69 Å². The molecular weight excluding hydrogens is 322 g/mol. The molecule has 0 unspecified atom stereocenters. The minimum absolute atomic E-state index is 0.780. The number of fused-ring (bicyclic) bond motifs is 1. The van der Waals surface area contributed by atoms with Crippen LogP contribution in [0, 0.1) is 11.8 Å². The van der Waals surface area contributed by atoms with Crippen LogP contribution in [0.2, 0.25) is 0 Å². The summed E-state index contributed by atoms with van der Waals surface area (Å²) >= 11 is 0. The van der Waals surface area contributed by atoms with Crippen molar-refractivity contribution in [3.63, 3.8) is 0 Å². The Hall–Kier alpha value is -3.03. The van der Waals surface area contributed by atoms with Crippen molar-refractivity contribution in [3.8, 4) is 23.0 Å². The zero-order valence-corrected chi connectivity index (χ0v) is 15.6. The zero-order valence-electron chi connectivity index (χ0n) is 15.6. The van der Waals surface area contributed by atoms with Gasteiger partial charge in [-0.05, 0) is 43.2 Å². The van der Waals surface area contributed by atoms with E-state index in [4.69, 9.17) is 0 Å². The molecule has 1 aromatic carbocycles. The van der Waals surface area contributed by atoms with Gasteiger partial charge in [-0.25, -0.2) is 4.98 Å². The molecular formula is C22H23N3O. The van der Waals surface area contributed by atoms with E-state index < -0.39 is 5.60 Å². The highest BCUT2D eigenvalue weighted by Crippen LogP contribution is 2.32. The van der Waals surface area contributed by atoms with Crippen LogP contribution in [0.3, 0.4) is 0 Å². The van der Waals surface area contributed by atoms with E-state index >= 15 is 0 Å². The van der Waals surface area contributed by atoms with Crippen LogP contribution in [0.5, 0.6) is 0 Å². The second kappa shape index (κ2) is 6.70. The Bertz CT molecular complexity index is 1030. The molecule has 4 heteroatoms. The minimum atomic E-state index is -1.07. The van der Waals surface area contributed by atoms with Gasteiger partial charge in [0.2, 0.25) is 0 Å². The summed E-state index contributed by atoms with van der Waals surface area (Å²) in [4.78, 5) is 9.69. The Kier molecular flexibility index (Phi) is 4.58. The Balaban J connectivity index is 2.25. The number of hydrogen-bond donors (Lipinski definition) is 2. The van der Waals surface area contributed by atoms with Crippen LogP contribution in [-0.2, 0) is 0 Å². The number of pyridine rings is 1. The number of nitrogens with zero attached hydrogens (tertiary/aromatic N) is 2. The van der Waals surface area contributed by atoms with Crippen LogP contribution in [0.1, 0.15) is 25.0 Å². The van der Waals surface area contributed by atoms with Gasteiger partial charge >= 0.3 is 0 Å². The number of rotatable bonds is 3. The fraction of sp³-hybridized carbons (Fsp3) is 0.227. The van der Waals surface area contributed by atoms with Gasteiger partial charge in [0, 0.05) is 48.7 Å². The number of nitrogens with one attached hydrogen (secondary N) is 1. The maximum atomic E-state index is 10.0. The second-order valence-corrected chi connectivity index (χ2v) is 6.97. The molecule has 26 heavy (non-hydrogen) atoms. The van der Waals surface area contributed by atoms with Crippen molar-refractivity contribution >= 4 is 22.8 Å². The summed E-state index contributed by atoms with van der Waals surface area (Å²) in [6.07, 6.45) is 5.52. The number of anilines is 1. The highest BCUT2D eigenvalue weighted by molar-refractivity contribution is 5.91. The lowest BCUT2D eigenvalue weighted by Gasteiger charge is -2.17. The molecule has 3 aromatic rings. The number of benzene rings is 1. The SMILES string of the molecule is C=Cc1cc(-c2cnc3[nH]ccc3c2C#CC(C)(C)O)ccc1N(C)C. The van der Waals surface area contributed by atoms with Gasteiger partial charge in [-0.2, -0.15) is 0 Å². The molecule has 4 nitrogen and oxygen atoms in total. The van der Waals surface area contributed by atoms with E-state index in [2.05, 4.69) is 51.5 Å². The highest BCUT2D eigenvalue weighted by Gasteiger charge is 2.13. The first-order valence-corrected chi connectivity index (χ1v) is 8.46. The lowest BCUT2D eigenvalue weighted by atomic mass is 9.96. The quantitative estimate of drug-likeness (QED) is 0.704. The number of aromatic nitrogens is 2. The molecule has 132 valence electrons. The fourth-order valence-corrected chi connectivity index (χ4v) is 2.87. The second-order valence-electron chi connectivity index (χ2n) is 6.97. The van der Waals surface area contributed by atoms with Crippen LogP contribution in [0.15, 0.2) is 43.2 Å². The maximum Gasteiger partial charge on any atom is 0.138 e. The van der Waals surface area contributed by atoms with E-state index in [-0.39, 0.29) is 0 Å². The van der Waals surface area contributed by atoms with Crippen molar-refractivity contribution in [2.24, 2.45) is 0 Å². The minimum Gasteiger partial charge on any atom is -0.378 e. The van der Waals surface area contributed by atoms with E-state index in [1.807, 2.05) is 38.6 Å². The molecule has 0 bridgehead atoms. The molecule has 0 saturated heterocycles. The van der Waals surface area contributed by atoms with Gasteiger partial charge < -0.3 is 15.0 Å². The number of aromatic amines is 1. The van der Waals surface area contributed by atoms with Crippen LogP contribution < -0.4 is 4.90 Å². The number of hydrogen-bond acceptors (Lipinski definition) is 3. The molecule has 0 aliphatic rings. The third kappa shape index (κ3) is 3.49. The van der Waals surface area contributed by atoms with Gasteiger partial charge in [-0.1, -0.05) is 30.6 Å².